The molecule has 0 unspecified atom stereocenters. The van der Waals surface area contributed by atoms with Crippen LogP contribution in [0.15, 0.2) is 39.9 Å². The number of hydrazone groups is 1. The zero-order chi connectivity index (χ0) is 16.1. The van der Waals surface area contributed by atoms with Crippen molar-refractivity contribution in [2.45, 2.75) is 19.8 Å². The van der Waals surface area contributed by atoms with Crippen LogP contribution in [0, 0.1) is 30.6 Å². The van der Waals surface area contributed by atoms with E-state index in [9.17, 15) is 9.59 Å². The standard InChI is InChI=1S/C18H17BrN2O2/c1-10-2-3-11(8-14(10)19)9-20-21-17(22)15-12-4-5-13(7-6-12)16(15)18(21)23/h2-5,8-9,12-13,15-16H,6-7H2,1H3/b20-9-/t12-,13-,15-,16-/m1/s1. The molecule has 2 bridgehead atoms. The molecule has 1 heterocycles. The lowest BCUT2D eigenvalue weighted by Gasteiger charge is -2.37. The molecule has 118 valence electrons. The molecule has 2 amide bonds. The van der Waals surface area contributed by atoms with Crippen molar-refractivity contribution in [1.29, 1.82) is 0 Å². The zero-order valence-electron chi connectivity index (χ0n) is 12.8. The van der Waals surface area contributed by atoms with Crippen molar-refractivity contribution < 1.29 is 9.59 Å². The van der Waals surface area contributed by atoms with E-state index in [1.54, 1.807) is 6.21 Å². The topological polar surface area (TPSA) is 49.7 Å². The molecule has 3 aliphatic carbocycles. The summed E-state index contributed by atoms with van der Waals surface area (Å²) in [5.41, 5.74) is 1.99. The number of halogens is 1. The maximum atomic E-state index is 12.6. The Morgan fingerprint density at radius 2 is 1.74 bits per heavy atom. The summed E-state index contributed by atoms with van der Waals surface area (Å²) in [6.45, 7) is 2.01. The third-order valence-electron chi connectivity index (χ3n) is 5.25. The molecule has 1 aliphatic heterocycles. The molecule has 1 saturated carbocycles. The number of aryl methyl sites for hydroxylation is 1. The molecule has 0 spiro atoms. The molecule has 0 aromatic heterocycles. The first-order valence-electron chi connectivity index (χ1n) is 7.92. The number of benzene rings is 1. The lowest BCUT2D eigenvalue weighted by Crippen LogP contribution is -2.38. The minimum absolute atomic E-state index is 0.138. The largest absolute Gasteiger partial charge is 0.272 e. The Balaban J connectivity index is 1.60. The van der Waals surface area contributed by atoms with Gasteiger partial charge in [-0.2, -0.15) is 10.1 Å². The number of imide groups is 1. The Morgan fingerprint density at radius 1 is 1.13 bits per heavy atom. The molecule has 1 saturated heterocycles. The van der Waals surface area contributed by atoms with Crippen molar-refractivity contribution in [3.8, 4) is 0 Å². The average Bonchev–Trinajstić information content (AvgIpc) is 2.83. The highest BCUT2D eigenvalue weighted by atomic mass is 79.9. The Kier molecular flexibility index (Phi) is 3.48. The second kappa shape index (κ2) is 5.41. The lowest BCUT2D eigenvalue weighted by molar-refractivity contribution is -0.140. The van der Waals surface area contributed by atoms with Gasteiger partial charge < -0.3 is 0 Å². The summed E-state index contributed by atoms with van der Waals surface area (Å²) in [7, 11) is 0. The molecule has 4 nitrogen and oxygen atoms in total. The maximum absolute atomic E-state index is 12.6. The van der Waals surface area contributed by atoms with Crippen molar-refractivity contribution in [1.82, 2.24) is 5.01 Å². The second-order valence-corrected chi connectivity index (χ2v) is 7.44. The predicted octanol–water partition coefficient (Wildman–Crippen LogP) is 3.29. The number of carbonyl (C=O) groups excluding carboxylic acids is 2. The molecule has 5 rings (SSSR count). The van der Waals surface area contributed by atoms with Gasteiger partial charge in [-0.3, -0.25) is 9.59 Å². The van der Waals surface area contributed by atoms with Gasteiger partial charge >= 0.3 is 0 Å². The number of carbonyl (C=O) groups is 2. The highest BCUT2D eigenvalue weighted by molar-refractivity contribution is 9.10. The van der Waals surface area contributed by atoms with Gasteiger partial charge in [0.2, 0.25) is 0 Å². The number of fused-ring (bicyclic) bond motifs is 1. The van der Waals surface area contributed by atoms with E-state index < -0.39 is 0 Å². The van der Waals surface area contributed by atoms with Crippen LogP contribution in [0.2, 0.25) is 0 Å². The van der Waals surface area contributed by atoms with Gasteiger partial charge in [0.1, 0.15) is 0 Å². The van der Waals surface area contributed by atoms with Gasteiger partial charge in [-0.05, 0) is 48.8 Å². The third kappa shape index (κ3) is 2.29. The minimum atomic E-state index is -0.201. The quantitative estimate of drug-likeness (QED) is 0.454. The van der Waals surface area contributed by atoms with E-state index in [0.29, 0.717) is 0 Å². The summed E-state index contributed by atoms with van der Waals surface area (Å²) in [4.78, 5) is 25.3. The number of nitrogens with zero attached hydrogens (tertiary/aromatic N) is 2. The number of amides is 2. The van der Waals surface area contributed by atoms with Gasteiger partial charge in [-0.15, -0.1) is 0 Å². The van der Waals surface area contributed by atoms with E-state index in [0.717, 1.165) is 33.5 Å². The molecule has 0 N–H and O–H groups in total. The van der Waals surface area contributed by atoms with Crippen LogP contribution in [-0.4, -0.2) is 23.0 Å². The van der Waals surface area contributed by atoms with E-state index >= 15 is 0 Å². The Bertz CT molecular complexity index is 723. The monoisotopic (exact) mass is 372 g/mol. The maximum Gasteiger partial charge on any atom is 0.254 e. The fourth-order valence-corrected chi connectivity index (χ4v) is 4.38. The van der Waals surface area contributed by atoms with E-state index in [1.165, 1.54) is 0 Å². The predicted molar refractivity (Wildman–Crippen MR) is 90.7 cm³/mol. The van der Waals surface area contributed by atoms with Crippen molar-refractivity contribution in [3.05, 3.63) is 46.0 Å². The van der Waals surface area contributed by atoms with Crippen LogP contribution in [0.1, 0.15) is 24.0 Å². The lowest BCUT2D eigenvalue weighted by atomic mass is 9.63. The highest BCUT2D eigenvalue weighted by Crippen LogP contribution is 2.49. The molecule has 4 atom stereocenters. The van der Waals surface area contributed by atoms with Gasteiger partial charge in [0.15, 0.2) is 0 Å². The van der Waals surface area contributed by atoms with E-state index in [2.05, 4.69) is 33.2 Å². The highest BCUT2D eigenvalue weighted by Gasteiger charge is 2.56. The number of hydrogen-bond acceptors (Lipinski definition) is 3. The molecule has 23 heavy (non-hydrogen) atoms. The summed E-state index contributed by atoms with van der Waals surface area (Å²) < 4.78 is 0.983. The second-order valence-electron chi connectivity index (χ2n) is 6.58. The summed E-state index contributed by atoms with van der Waals surface area (Å²) in [5, 5.41) is 5.31. The van der Waals surface area contributed by atoms with Gasteiger partial charge in [-0.25, -0.2) is 0 Å². The van der Waals surface area contributed by atoms with Gasteiger partial charge in [0.25, 0.3) is 11.8 Å². The summed E-state index contributed by atoms with van der Waals surface area (Å²) in [6.07, 6.45) is 7.83. The first-order valence-corrected chi connectivity index (χ1v) is 8.72. The molecule has 1 aromatic rings. The summed E-state index contributed by atoms with van der Waals surface area (Å²) in [5.74, 6) is -0.269. The van der Waals surface area contributed by atoms with Crippen molar-refractivity contribution >= 4 is 34.0 Å². The van der Waals surface area contributed by atoms with Crippen LogP contribution in [0.3, 0.4) is 0 Å². The SMILES string of the molecule is Cc1ccc(/C=N\N2C(=O)[C@H]3[C@H](C2=O)[C@@H]2C=C[C@@H]3CC2)cc1Br. The van der Waals surface area contributed by atoms with E-state index in [4.69, 9.17) is 0 Å². The van der Waals surface area contributed by atoms with Gasteiger partial charge in [0, 0.05) is 4.47 Å². The van der Waals surface area contributed by atoms with Gasteiger partial charge in [0.05, 0.1) is 18.1 Å². The Morgan fingerprint density at radius 3 is 2.26 bits per heavy atom. The van der Waals surface area contributed by atoms with Crippen molar-refractivity contribution in [3.63, 3.8) is 0 Å². The minimum Gasteiger partial charge on any atom is -0.272 e. The normalized spacial score (nSPS) is 32.2. The molecule has 0 radical (unpaired) electrons. The van der Waals surface area contributed by atoms with Crippen LogP contribution in [0.4, 0.5) is 0 Å². The first-order chi connectivity index (χ1) is 11.1. The zero-order valence-corrected chi connectivity index (χ0v) is 14.4. The van der Waals surface area contributed by atoms with E-state index in [1.807, 2.05) is 25.1 Å². The Labute approximate surface area is 143 Å². The van der Waals surface area contributed by atoms with Crippen LogP contribution < -0.4 is 0 Å². The molecule has 1 aromatic carbocycles. The van der Waals surface area contributed by atoms with Gasteiger partial charge in [-0.1, -0.05) is 40.2 Å². The fraction of sp³-hybridized carbons (Fsp3) is 0.389. The fourth-order valence-electron chi connectivity index (χ4n) is 3.99. The molecule has 5 heteroatoms. The molecule has 2 fully saturated rings. The molecular formula is C18H17BrN2O2. The number of hydrogen-bond donors (Lipinski definition) is 0. The van der Waals surface area contributed by atoms with E-state index in [-0.39, 0.29) is 35.5 Å². The third-order valence-corrected chi connectivity index (χ3v) is 6.11. The van der Waals surface area contributed by atoms with Crippen molar-refractivity contribution in [2.24, 2.45) is 28.8 Å². The Hall–Kier alpha value is -1.75. The van der Waals surface area contributed by atoms with Crippen LogP contribution in [-0.2, 0) is 9.59 Å². The summed E-state index contributed by atoms with van der Waals surface area (Å²) in [6, 6.07) is 5.83. The average molecular weight is 373 g/mol. The first kappa shape index (κ1) is 14.8. The van der Waals surface area contributed by atoms with Crippen molar-refractivity contribution in [2.75, 3.05) is 0 Å². The van der Waals surface area contributed by atoms with Crippen LogP contribution >= 0.6 is 15.9 Å². The van der Waals surface area contributed by atoms with Crippen LogP contribution in [0.5, 0.6) is 0 Å². The summed E-state index contributed by atoms with van der Waals surface area (Å²) >= 11 is 3.48. The van der Waals surface area contributed by atoms with Crippen LogP contribution in [0.25, 0.3) is 0 Å². The number of allylic oxidation sites excluding steroid dienone is 2. The molecular weight excluding hydrogens is 356 g/mol. The number of rotatable bonds is 2. The molecule has 4 aliphatic rings. The smallest absolute Gasteiger partial charge is 0.254 e.